The summed E-state index contributed by atoms with van der Waals surface area (Å²) in [6, 6.07) is 6.64. The first-order chi connectivity index (χ1) is 8.15. The molecule has 0 saturated carbocycles. The monoisotopic (exact) mass is 470 g/mol. The molecule has 0 aliphatic heterocycles. The number of rotatable bonds is 2. The second-order valence-corrected chi connectivity index (χ2v) is 10.2. The molecule has 0 spiro atoms. The molecule has 3 rings (SSSR count). The smallest absolute Gasteiger partial charge is 0.0758 e. The number of hydrogen-bond acceptors (Lipinski definition) is 3. The summed E-state index contributed by atoms with van der Waals surface area (Å²) >= 11 is 16.3. The van der Waals surface area contributed by atoms with Gasteiger partial charge in [0, 0.05) is 14.3 Å². The molecule has 3 heterocycles. The van der Waals surface area contributed by atoms with Crippen molar-refractivity contribution < 1.29 is 0 Å². The Morgan fingerprint density at radius 1 is 1.06 bits per heavy atom. The van der Waals surface area contributed by atoms with Crippen LogP contribution in [0.15, 0.2) is 31.2 Å². The molecular weight excluding hydrogens is 468 g/mol. The zero-order valence-electron chi connectivity index (χ0n) is 8.25. The molecule has 88 valence electrons. The molecule has 0 amide bonds. The molecule has 6 heteroatoms. The van der Waals surface area contributed by atoms with E-state index in [-0.39, 0.29) is 4.83 Å². The van der Waals surface area contributed by atoms with Crippen molar-refractivity contribution in [2.75, 3.05) is 0 Å². The maximum absolute atomic E-state index is 3.79. The molecule has 0 bridgehead atoms. The summed E-state index contributed by atoms with van der Waals surface area (Å²) in [5, 5.41) is 2.14. The van der Waals surface area contributed by atoms with Crippen molar-refractivity contribution >= 4 is 91.2 Å². The van der Waals surface area contributed by atoms with Gasteiger partial charge < -0.3 is 0 Å². The zero-order chi connectivity index (χ0) is 12.0. The van der Waals surface area contributed by atoms with E-state index in [0.29, 0.717) is 0 Å². The van der Waals surface area contributed by atoms with Crippen LogP contribution in [0.5, 0.6) is 0 Å². The standard InChI is InChI=1S/C11H5Br3S3/c12-9-3-5(11(14)17-9)10(13)8-4-7-6(16-8)1-2-15-7/h1-4,10H. The first kappa shape index (κ1) is 12.8. The summed E-state index contributed by atoms with van der Waals surface area (Å²) in [6.45, 7) is 0. The highest BCUT2D eigenvalue weighted by Crippen LogP contribution is 2.45. The first-order valence-corrected chi connectivity index (χ1v) is 9.72. The van der Waals surface area contributed by atoms with Gasteiger partial charge in [-0.3, -0.25) is 0 Å². The molecular formula is C11H5Br3S3. The summed E-state index contributed by atoms with van der Waals surface area (Å²) in [4.78, 5) is 1.63. The van der Waals surface area contributed by atoms with Crippen LogP contribution >= 0.6 is 81.8 Å². The molecule has 0 saturated heterocycles. The number of hydrogen-bond donors (Lipinski definition) is 0. The molecule has 3 aromatic rings. The van der Waals surface area contributed by atoms with Gasteiger partial charge in [-0.2, -0.15) is 0 Å². The van der Waals surface area contributed by atoms with Crippen molar-refractivity contribution in [3.63, 3.8) is 0 Å². The van der Waals surface area contributed by atoms with Gasteiger partial charge in [-0.05, 0) is 61.0 Å². The lowest BCUT2D eigenvalue weighted by Gasteiger charge is -2.05. The Bertz CT molecular complexity index is 636. The van der Waals surface area contributed by atoms with E-state index in [0.717, 1.165) is 3.79 Å². The van der Waals surface area contributed by atoms with Crippen molar-refractivity contribution in [1.82, 2.24) is 0 Å². The summed E-state index contributed by atoms with van der Waals surface area (Å²) < 4.78 is 5.09. The van der Waals surface area contributed by atoms with Crippen LogP contribution in [-0.4, -0.2) is 0 Å². The fraction of sp³-hybridized carbons (Fsp3) is 0.0909. The highest BCUT2D eigenvalue weighted by molar-refractivity contribution is 9.12. The van der Waals surface area contributed by atoms with Gasteiger partial charge in [-0.1, -0.05) is 15.9 Å². The fourth-order valence-electron chi connectivity index (χ4n) is 1.59. The lowest BCUT2D eigenvalue weighted by Crippen LogP contribution is -1.86. The largest absolute Gasteiger partial charge is 0.143 e. The maximum atomic E-state index is 3.79. The minimum atomic E-state index is 0.268. The molecule has 0 N–H and O–H groups in total. The SMILES string of the molecule is Brc1cc(C(Br)c2cc3sccc3s2)c(Br)s1. The van der Waals surface area contributed by atoms with E-state index >= 15 is 0 Å². The van der Waals surface area contributed by atoms with Crippen LogP contribution in [0.4, 0.5) is 0 Å². The third-order valence-electron chi connectivity index (χ3n) is 2.36. The van der Waals surface area contributed by atoms with Crippen molar-refractivity contribution in [1.29, 1.82) is 0 Å². The Labute approximate surface area is 136 Å². The van der Waals surface area contributed by atoms with Crippen LogP contribution < -0.4 is 0 Å². The fourth-order valence-corrected chi connectivity index (χ4v) is 7.84. The molecule has 17 heavy (non-hydrogen) atoms. The average Bonchev–Trinajstić information content (AvgIpc) is 2.90. The Hall–Kier alpha value is 0.800. The van der Waals surface area contributed by atoms with Crippen molar-refractivity contribution in [3.05, 3.63) is 41.6 Å². The number of halogens is 3. The number of thiophene rings is 3. The van der Waals surface area contributed by atoms with Crippen LogP contribution in [0.2, 0.25) is 0 Å². The predicted octanol–water partition coefficient (Wildman–Crippen LogP) is 7.03. The van der Waals surface area contributed by atoms with Crippen molar-refractivity contribution in [3.8, 4) is 0 Å². The van der Waals surface area contributed by atoms with E-state index in [9.17, 15) is 0 Å². The average molecular weight is 473 g/mol. The molecule has 0 radical (unpaired) electrons. The molecule has 1 unspecified atom stereocenters. The summed E-state index contributed by atoms with van der Waals surface area (Å²) in [6.07, 6.45) is 0. The predicted molar refractivity (Wildman–Crippen MR) is 90.2 cm³/mol. The highest BCUT2D eigenvalue weighted by Gasteiger charge is 2.18. The molecule has 0 aliphatic carbocycles. The van der Waals surface area contributed by atoms with Gasteiger partial charge in [-0.25, -0.2) is 0 Å². The summed E-state index contributed by atoms with van der Waals surface area (Å²) in [5.41, 5.74) is 1.29. The molecule has 0 fully saturated rings. The summed E-state index contributed by atoms with van der Waals surface area (Å²) in [7, 11) is 0. The lowest BCUT2D eigenvalue weighted by molar-refractivity contribution is 1.24. The van der Waals surface area contributed by atoms with Gasteiger partial charge in [0.25, 0.3) is 0 Å². The molecule has 0 aromatic carbocycles. The van der Waals surface area contributed by atoms with E-state index in [4.69, 9.17) is 0 Å². The lowest BCUT2D eigenvalue weighted by atomic mass is 10.2. The Morgan fingerprint density at radius 2 is 1.88 bits per heavy atom. The normalized spacial score (nSPS) is 13.4. The zero-order valence-corrected chi connectivity index (χ0v) is 15.5. The van der Waals surface area contributed by atoms with Gasteiger partial charge in [0.15, 0.2) is 0 Å². The van der Waals surface area contributed by atoms with Gasteiger partial charge in [-0.15, -0.1) is 34.0 Å². The van der Waals surface area contributed by atoms with Gasteiger partial charge in [0.1, 0.15) is 0 Å². The second kappa shape index (κ2) is 5.06. The number of fused-ring (bicyclic) bond motifs is 1. The minimum absolute atomic E-state index is 0.268. The first-order valence-electron chi connectivity index (χ1n) is 4.71. The van der Waals surface area contributed by atoms with Crippen LogP contribution in [0.1, 0.15) is 15.3 Å². The van der Waals surface area contributed by atoms with E-state index in [1.807, 2.05) is 11.3 Å². The van der Waals surface area contributed by atoms with Gasteiger partial charge in [0.05, 0.1) is 12.4 Å². The van der Waals surface area contributed by atoms with Crippen LogP contribution in [-0.2, 0) is 0 Å². The van der Waals surface area contributed by atoms with Crippen LogP contribution in [0.3, 0.4) is 0 Å². The molecule has 3 aromatic heterocycles. The van der Waals surface area contributed by atoms with E-state index in [1.54, 1.807) is 22.7 Å². The third kappa shape index (κ3) is 2.44. The minimum Gasteiger partial charge on any atom is -0.143 e. The quantitative estimate of drug-likeness (QED) is 0.351. The van der Waals surface area contributed by atoms with E-state index in [1.165, 1.54) is 23.6 Å². The van der Waals surface area contributed by atoms with E-state index in [2.05, 4.69) is 71.4 Å². The molecule has 0 aliphatic rings. The number of alkyl halides is 1. The Kier molecular flexibility index (Phi) is 3.81. The molecule has 1 atom stereocenters. The third-order valence-corrected chi connectivity index (χ3v) is 8.20. The summed E-state index contributed by atoms with van der Waals surface area (Å²) in [5.74, 6) is 0. The van der Waals surface area contributed by atoms with Crippen molar-refractivity contribution in [2.24, 2.45) is 0 Å². The second-order valence-electron chi connectivity index (χ2n) is 3.44. The van der Waals surface area contributed by atoms with Crippen LogP contribution in [0, 0.1) is 0 Å². The van der Waals surface area contributed by atoms with Crippen LogP contribution in [0.25, 0.3) is 9.40 Å². The molecule has 0 nitrogen and oxygen atoms in total. The van der Waals surface area contributed by atoms with Gasteiger partial charge >= 0.3 is 0 Å². The van der Waals surface area contributed by atoms with E-state index < -0.39 is 0 Å². The topological polar surface area (TPSA) is 0 Å². The Morgan fingerprint density at radius 3 is 2.53 bits per heavy atom. The maximum Gasteiger partial charge on any atom is 0.0758 e. The Balaban J connectivity index is 2.04. The highest BCUT2D eigenvalue weighted by atomic mass is 79.9. The van der Waals surface area contributed by atoms with Crippen molar-refractivity contribution in [2.45, 2.75) is 4.83 Å². The van der Waals surface area contributed by atoms with Gasteiger partial charge in [0.2, 0.25) is 0 Å².